The molecular weight excluding hydrogens is 264 g/mol. The molecule has 0 fully saturated rings. The zero-order chi connectivity index (χ0) is 14.2. The third-order valence-corrected chi connectivity index (χ3v) is 4.88. The molecule has 0 aliphatic rings. The van der Waals surface area contributed by atoms with Gasteiger partial charge in [-0.15, -0.1) is 0 Å². The van der Waals surface area contributed by atoms with E-state index in [4.69, 9.17) is 0 Å². The molecule has 0 unspecified atom stereocenters. The highest BCUT2D eigenvalue weighted by atomic mass is 32.2. The van der Waals surface area contributed by atoms with E-state index in [1.807, 2.05) is 0 Å². The highest BCUT2D eigenvalue weighted by molar-refractivity contribution is 7.91. The molecule has 2 rings (SSSR count). The smallest absolute Gasteiger partial charge is 0.210 e. The number of hydrogen-bond donors (Lipinski definition) is 2. The first-order valence-electron chi connectivity index (χ1n) is 5.67. The number of hydrogen-bond acceptors (Lipinski definition) is 4. The van der Waals surface area contributed by atoms with Gasteiger partial charge in [-0.25, -0.2) is 8.42 Å². The topological polar surface area (TPSA) is 74.6 Å². The predicted octanol–water partition coefficient (Wildman–Crippen LogP) is 2.55. The fourth-order valence-corrected chi connectivity index (χ4v) is 3.54. The molecule has 2 aromatic carbocycles. The van der Waals surface area contributed by atoms with Gasteiger partial charge in [-0.05, 0) is 43.7 Å². The molecule has 0 saturated heterocycles. The largest absolute Gasteiger partial charge is 0.508 e. The Bertz CT molecular complexity index is 725. The second kappa shape index (κ2) is 4.59. The van der Waals surface area contributed by atoms with E-state index < -0.39 is 9.84 Å². The van der Waals surface area contributed by atoms with Crippen LogP contribution >= 0.6 is 0 Å². The molecule has 4 nitrogen and oxygen atoms in total. The van der Waals surface area contributed by atoms with Crippen molar-refractivity contribution in [3.8, 4) is 11.5 Å². The molecule has 2 N–H and O–H groups in total. The van der Waals surface area contributed by atoms with Gasteiger partial charge in [0.25, 0.3) is 0 Å². The van der Waals surface area contributed by atoms with Gasteiger partial charge in [0.2, 0.25) is 9.84 Å². The van der Waals surface area contributed by atoms with Gasteiger partial charge in [0.05, 0.1) is 4.90 Å². The van der Waals surface area contributed by atoms with E-state index in [1.165, 1.54) is 37.3 Å². The number of rotatable bonds is 2. The van der Waals surface area contributed by atoms with Crippen LogP contribution in [0.2, 0.25) is 0 Å². The molecule has 0 amide bonds. The Hall–Kier alpha value is -2.01. The first-order chi connectivity index (χ1) is 8.84. The molecule has 19 heavy (non-hydrogen) atoms. The van der Waals surface area contributed by atoms with Crippen LogP contribution in [0.1, 0.15) is 11.1 Å². The summed E-state index contributed by atoms with van der Waals surface area (Å²) in [6.45, 7) is 3.27. The monoisotopic (exact) mass is 278 g/mol. The molecule has 0 aromatic heterocycles. The Balaban J connectivity index is 2.73. The van der Waals surface area contributed by atoms with Crippen molar-refractivity contribution in [3.63, 3.8) is 0 Å². The molecule has 100 valence electrons. The lowest BCUT2D eigenvalue weighted by atomic mass is 10.2. The van der Waals surface area contributed by atoms with E-state index in [2.05, 4.69) is 0 Å². The number of phenols is 2. The Morgan fingerprint density at radius 3 is 2.26 bits per heavy atom. The second-order valence-electron chi connectivity index (χ2n) is 4.37. The van der Waals surface area contributed by atoms with Gasteiger partial charge in [-0.2, -0.15) is 0 Å². The first kappa shape index (κ1) is 13.4. The molecule has 0 heterocycles. The van der Waals surface area contributed by atoms with E-state index in [0.717, 1.165) is 5.56 Å². The molecule has 0 aliphatic carbocycles. The van der Waals surface area contributed by atoms with Gasteiger partial charge >= 0.3 is 0 Å². The van der Waals surface area contributed by atoms with Gasteiger partial charge in [0.1, 0.15) is 16.4 Å². The fraction of sp³-hybridized carbons (Fsp3) is 0.143. The van der Waals surface area contributed by atoms with E-state index in [9.17, 15) is 18.6 Å². The number of sulfone groups is 1. The lowest BCUT2D eigenvalue weighted by Crippen LogP contribution is -2.05. The molecule has 0 spiro atoms. The fourth-order valence-electron chi connectivity index (χ4n) is 1.85. The van der Waals surface area contributed by atoms with Crippen LogP contribution < -0.4 is 0 Å². The zero-order valence-corrected chi connectivity index (χ0v) is 11.4. The summed E-state index contributed by atoms with van der Waals surface area (Å²) < 4.78 is 25.0. The third-order valence-electron chi connectivity index (χ3n) is 2.95. The third kappa shape index (κ3) is 2.29. The molecule has 5 heteroatoms. The van der Waals surface area contributed by atoms with Gasteiger partial charge in [-0.3, -0.25) is 0 Å². The summed E-state index contributed by atoms with van der Waals surface area (Å²) in [7, 11) is -3.86. The summed E-state index contributed by atoms with van der Waals surface area (Å²) in [6.07, 6.45) is 0. The lowest BCUT2D eigenvalue weighted by molar-refractivity contribution is 0.457. The maximum Gasteiger partial charge on any atom is 0.210 e. The average Bonchev–Trinajstić information content (AvgIpc) is 2.35. The van der Waals surface area contributed by atoms with Crippen LogP contribution in [-0.4, -0.2) is 18.6 Å². The van der Waals surface area contributed by atoms with E-state index in [1.54, 1.807) is 13.0 Å². The maximum absolute atomic E-state index is 12.5. The van der Waals surface area contributed by atoms with Crippen molar-refractivity contribution in [1.29, 1.82) is 0 Å². The minimum absolute atomic E-state index is 0.00611. The van der Waals surface area contributed by atoms with E-state index in [-0.39, 0.29) is 26.9 Å². The van der Waals surface area contributed by atoms with Crippen LogP contribution in [0, 0.1) is 13.8 Å². The van der Waals surface area contributed by atoms with Crippen molar-refractivity contribution in [2.45, 2.75) is 23.6 Å². The van der Waals surface area contributed by atoms with Crippen molar-refractivity contribution >= 4 is 9.84 Å². The summed E-state index contributed by atoms with van der Waals surface area (Å²) >= 11 is 0. The summed E-state index contributed by atoms with van der Waals surface area (Å²) in [4.78, 5) is -0.158. The van der Waals surface area contributed by atoms with Crippen LogP contribution in [-0.2, 0) is 9.84 Å². The Labute approximate surface area is 111 Å². The number of aromatic hydroxyl groups is 2. The van der Waals surface area contributed by atoms with Gasteiger partial charge in [-0.1, -0.05) is 12.1 Å². The van der Waals surface area contributed by atoms with Crippen LogP contribution in [0.15, 0.2) is 46.2 Å². The SMILES string of the molecule is Cc1ccc(O)c(S(=O)(=O)c2cccc(O)c2C)c1. The zero-order valence-electron chi connectivity index (χ0n) is 10.6. The molecular formula is C14H14O4S. The van der Waals surface area contributed by atoms with Gasteiger partial charge in [0, 0.05) is 5.56 Å². The summed E-state index contributed by atoms with van der Waals surface area (Å²) in [5.41, 5.74) is 0.998. The highest BCUT2D eigenvalue weighted by Gasteiger charge is 2.24. The predicted molar refractivity (Wildman–Crippen MR) is 71.1 cm³/mol. The quantitative estimate of drug-likeness (QED) is 0.885. The van der Waals surface area contributed by atoms with Gasteiger partial charge in [0.15, 0.2) is 0 Å². The van der Waals surface area contributed by atoms with E-state index in [0.29, 0.717) is 0 Å². The molecule has 0 bridgehead atoms. The molecule has 0 radical (unpaired) electrons. The summed E-state index contributed by atoms with van der Waals surface area (Å²) in [6, 6.07) is 8.68. The molecule has 0 atom stereocenters. The Morgan fingerprint density at radius 1 is 0.895 bits per heavy atom. The number of aryl methyl sites for hydroxylation is 1. The van der Waals surface area contributed by atoms with Crippen molar-refractivity contribution < 1.29 is 18.6 Å². The summed E-state index contributed by atoms with van der Waals surface area (Å²) in [5.74, 6) is -0.387. The van der Waals surface area contributed by atoms with Crippen molar-refractivity contribution in [2.24, 2.45) is 0 Å². The van der Waals surface area contributed by atoms with Crippen LogP contribution in [0.25, 0.3) is 0 Å². The van der Waals surface area contributed by atoms with E-state index >= 15 is 0 Å². The second-order valence-corrected chi connectivity index (χ2v) is 6.26. The molecule has 2 aromatic rings. The standard InChI is InChI=1S/C14H14O4S/c1-9-6-7-12(16)14(8-9)19(17,18)13-5-3-4-11(15)10(13)2/h3-8,15-16H,1-2H3. The average molecular weight is 278 g/mol. The number of phenolic OH excluding ortho intramolecular Hbond substituents is 2. The first-order valence-corrected chi connectivity index (χ1v) is 7.15. The van der Waals surface area contributed by atoms with Crippen molar-refractivity contribution in [1.82, 2.24) is 0 Å². The van der Waals surface area contributed by atoms with Crippen LogP contribution in [0.5, 0.6) is 11.5 Å². The highest BCUT2D eigenvalue weighted by Crippen LogP contribution is 2.33. The molecule has 0 aliphatic heterocycles. The molecule has 0 saturated carbocycles. The van der Waals surface area contributed by atoms with Crippen molar-refractivity contribution in [2.75, 3.05) is 0 Å². The minimum Gasteiger partial charge on any atom is -0.508 e. The lowest BCUT2D eigenvalue weighted by Gasteiger charge is -2.11. The van der Waals surface area contributed by atoms with Gasteiger partial charge < -0.3 is 10.2 Å². The maximum atomic E-state index is 12.5. The minimum atomic E-state index is -3.86. The normalized spacial score (nSPS) is 11.5. The van der Waals surface area contributed by atoms with Crippen molar-refractivity contribution in [3.05, 3.63) is 47.5 Å². The Morgan fingerprint density at radius 2 is 1.58 bits per heavy atom. The summed E-state index contributed by atoms with van der Waals surface area (Å²) in [5, 5.41) is 19.4. The van der Waals surface area contributed by atoms with Crippen LogP contribution in [0.4, 0.5) is 0 Å². The van der Waals surface area contributed by atoms with Crippen LogP contribution in [0.3, 0.4) is 0 Å². The number of benzene rings is 2. The Kier molecular flexibility index (Phi) is 3.24.